The summed E-state index contributed by atoms with van der Waals surface area (Å²) >= 11 is 0. The van der Waals surface area contributed by atoms with Crippen molar-refractivity contribution in [2.75, 3.05) is 26.2 Å². The maximum atomic E-state index is 5.63. The van der Waals surface area contributed by atoms with E-state index in [1.165, 1.54) is 45.1 Å². The van der Waals surface area contributed by atoms with Gasteiger partial charge in [0.2, 0.25) is 0 Å². The van der Waals surface area contributed by atoms with E-state index >= 15 is 0 Å². The van der Waals surface area contributed by atoms with E-state index in [0.717, 1.165) is 26.1 Å². The average Bonchev–Trinajstić information content (AvgIpc) is 2.34. The number of hydrogen-bond donors (Lipinski definition) is 3. The lowest BCUT2D eigenvalue weighted by Crippen LogP contribution is -2.33. The van der Waals surface area contributed by atoms with Crippen molar-refractivity contribution in [1.29, 1.82) is 0 Å². The number of hydrogen-bond acceptors (Lipinski definition) is 3. The molecule has 0 fully saturated rings. The van der Waals surface area contributed by atoms with Gasteiger partial charge in [0.1, 0.15) is 0 Å². The van der Waals surface area contributed by atoms with Gasteiger partial charge in [0.25, 0.3) is 0 Å². The van der Waals surface area contributed by atoms with Crippen molar-refractivity contribution >= 4 is 0 Å². The summed E-state index contributed by atoms with van der Waals surface area (Å²) in [6.45, 7) is 8.70. The van der Waals surface area contributed by atoms with E-state index in [0.29, 0.717) is 6.04 Å². The first-order valence-corrected chi connectivity index (χ1v) is 7.49. The van der Waals surface area contributed by atoms with Crippen LogP contribution in [0.5, 0.6) is 0 Å². The van der Waals surface area contributed by atoms with E-state index in [-0.39, 0.29) is 0 Å². The Morgan fingerprint density at radius 3 is 2.24 bits per heavy atom. The van der Waals surface area contributed by atoms with Gasteiger partial charge in [-0.3, -0.25) is 0 Å². The minimum absolute atomic E-state index is 0.635. The van der Waals surface area contributed by atoms with Crippen LogP contribution in [0.3, 0.4) is 0 Å². The van der Waals surface area contributed by atoms with Crippen LogP contribution in [0, 0.1) is 0 Å². The molecule has 0 aliphatic heterocycles. The van der Waals surface area contributed by atoms with E-state index in [4.69, 9.17) is 5.73 Å². The predicted molar refractivity (Wildman–Crippen MR) is 77.4 cm³/mol. The van der Waals surface area contributed by atoms with Crippen LogP contribution in [-0.2, 0) is 0 Å². The molecule has 104 valence electrons. The van der Waals surface area contributed by atoms with Crippen LogP contribution in [-0.4, -0.2) is 32.2 Å². The molecule has 0 radical (unpaired) electrons. The molecule has 17 heavy (non-hydrogen) atoms. The highest BCUT2D eigenvalue weighted by Crippen LogP contribution is 2.03. The molecule has 1 unspecified atom stereocenters. The number of nitrogens with two attached hydrogens (primary N) is 1. The van der Waals surface area contributed by atoms with Crippen LogP contribution >= 0.6 is 0 Å². The highest BCUT2D eigenvalue weighted by atomic mass is 14.9. The van der Waals surface area contributed by atoms with Crippen LogP contribution in [0.25, 0.3) is 0 Å². The molecule has 0 aromatic carbocycles. The average molecular weight is 243 g/mol. The third-order valence-corrected chi connectivity index (χ3v) is 3.09. The zero-order chi connectivity index (χ0) is 12.8. The Morgan fingerprint density at radius 2 is 1.59 bits per heavy atom. The molecule has 0 aromatic heterocycles. The van der Waals surface area contributed by atoms with Gasteiger partial charge in [-0.2, -0.15) is 0 Å². The van der Waals surface area contributed by atoms with Crippen LogP contribution in [0.2, 0.25) is 0 Å². The van der Waals surface area contributed by atoms with E-state index in [9.17, 15) is 0 Å². The lowest BCUT2D eigenvalue weighted by atomic mass is 10.1. The van der Waals surface area contributed by atoms with Crippen molar-refractivity contribution in [1.82, 2.24) is 10.6 Å². The molecular formula is C14H33N3. The molecular weight excluding hydrogens is 210 g/mol. The topological polar surface area (TPSA) is 50.1 Å². The van der Waals surface area contributed by atoms with Crippen molar-refractivity contribution in [3.63, 3.8) is 0 Å². The zero-order valence-electron chi connectivity index (χ0n) is 11.9. The fraction of sp³-hybridized carbons (Fsp3) is 1.00. The first-order valence-electron chi connectivity index (χ1n) is 7.49. The number of unbranched alkanes of at least 4 members (excludes halogenated alkanes) is 2. The molecule has 0 rings (SSSR count). The van der Waals surface area contributed by atoms with E-state index in [1.807, 2.05) is 0 Å². The second-order valence-electron chi connectivity index (χ2n) is 4.83. The lowest BCUT2D eigenvalue weighted by molar-refractivity contribution is 0.436. The van der Waals surface area contributed by atoms with Crippen molar-refractivity contribution in [2.24, 2.45) is 5.73 Å². The van der Waals surface area contributed by atoms with E-state index < -0.39 is 0 Å². The molecule has 0 saturated heterocycles. The number of nitrogens with one attached hydrogen (secondary N) is 2. The fourth-order valence-electron chi connectivity index (χ4n) is 1.95. The molecule has 0 heterocycles. The summed E-state index contributed by atoms with van der Waals surface area (Å²) in [5, 5.41) is 7.10. The zero-order valence-corrected chi connectivity index (χ0v) is 11.9. The van der Waals surface area contributed by atoms with E-state index in [2.05, 4.69) is 24.5 Å². The summed E-state index contributed by atoms with van der Waals surface area (Å²) in [5.74, 6) is 0. The Kier molecular flexibility index (Phi) is 13.8. The molecule has 0 saturated carbocycles. The van der Waals surface area contributed by atoms with Crippen molar-refractivity contribution < 1.29 is 0 Å². The molecule has 0 bridgehead atoms. The quantitative estimate of drug-likeness (QED) is 0.435. The Morgan fingerprint density at radius 1 is 0.882 bits per heavy atom. The van der Waals surface area contributed by atoms with Gasteiger partial charge >= 0.3 is 0 Å². The second-order valence-corrected chi connectivity index (χ2v) is 4.83. The predicted octanol–water partition coefficient (Wildman–Crippen LogP) is 2.26. The molecule has 0 spiro atoms. The highest BCUT2D eigenvalue weighted by Gasteiger charge is 2.05. The Labute approximate surface area is 108 Å². The molecule has 0 amide bonds. The summed E-state index contributed by atoms with van der Waals surface area (Å²) in [5.41, 5.74) is 5.63. The summed E-state index contributed by atoms with van der Waals surface area (Å²) < 4.78 is 0. The highest BCUT2D eigenvalue weighted by molar-refractivity contribution is 4.67. The molecule has 3 nitrogen and oxygen atoms in total. The monoisotopic (exact) mass is 243 g/mol. The normalized spacial score (nSPS) is 12.9. The van der Waals surface area contributed by atoms with Gasteiger partial charge in [-0.15, -0.1) is 0 Å². The minimum Gasteiger partial charge on any atom is -0.330 e. The molecule has 1 atom stereocenters. The standard InChI is InChI=1S/C14H33N3/c1-3-5-8-14(9-10-15)17-13-7-12-16-11-6-4-2/h14,16-17H,3-13,15H2,1-2H3. The lowest BCUT2D eigenvalue weighted by Gasteiger charge is -2.17. The Balaban J connectivity index is 3.34. The van der Waals surface area contributed by atoms with Gasteiger partial charge in [0.05, 0.1) is 0 Å². The molecule has 0 aliphatic rings. The largest absolute Gasteiger partial charge is 0.330 e. The van der Waals surface area contributed by atoms with Gasteiger partial charge in [-0.25, -0.2) is 0 Å². The summed E-state index contributed by atoms with van der Waals surface area (Å²) in [4.78, 5) is 0. The maximum absolute atomic E-state index is 5.63. The van der Waals surface area contributed by atoms with Crippen molar-refractivity contribution in [2.45, 2.75) is 64.8 Å². The summed E-state index contributed by atoms with van der Waals surface area (Å²) in [6.07, 6.45) is 8.77. The van der Waals surface area contributed by atoms with Crippen LogP contribution in [0.15, 0.2) is 0 Å². The van der Waals surface area contributed by atoms with Gasteiger partial charge in [-0.05, 0) is 51.9 Å². The summed E-state index contributed by atoms with van der Waals surface area (Å²) in [7, 11) is 0. The minimum atomic E-state index is 0.635. The second kappa shape index (κ2) is 13.9. The van der Waals surface area contributed by atoms with Crippen molar-refractivity contribution in [3.8, 4) is 0 Å². The maximum Gasteiger partial charge on any atom is 0.00790 e. The van der Waals surface area contributed by atoms with Crippen molar-refractivity contribution in [3.05, 3.63) is 0 Å². The van der Waals surface area contributed by atoms with Gasteiger partial charge in [0.15, 0.2) is 0 Å². The third kappa shape index (κ3) is 12.1. The summed E-state index contributed by atoms with van der Waals surface area (Å²) in [6, 6.07) is 0.635. The first-order chi connectivity index (χ1) is 8.35. The molecule has 3 heteroatoms. The smallest absolute Gasteiger partial charge is 0.00790 e. The third-order valence-electron chi connectivity index (χ3n) is 3.09. The fourth-order valence-corrected chi connectivity index (χ4v) is 1.95. The molecule has 4 N–H and O–H groups in total. The van der Waals surface area contributed by atoms with Gasteiger partial charge in [-0.1, -0.05) is 33.1 Å². The van der Waals surface area contributed by atoms with Gasteiger partial charge in [0, 0.05) is 6.04 Å². The molecule has 0 aliphatic carbocycles. The Bertz CT molecular complexity index is 139. The van der Waals surface area contributed by atoms with Crippen LogP contribution in [0.4, 0.5) is 0 Å². The molecule has 0 aromatic rings. The SMILES string of the molecule is CCCCNCCCNC(CCN)CCCC. The Hall–Kier alpha value is -0.120. The van der Waals surface area contributed by atoms with E-state index in [1.54, 1.807) is 0 Å². The first kappa shape index (κ1) is 16.9. The van der Waals surface area contributed by atoms with Crippen LogP contribution < -0.4 is 16.4 Å². The van der Waals surface area contributed by atoms with Crippen LogP contribution in [0.1, 0.15) is 58.8 Å². The number of rotatable bonds is 13. The van der Waals surface area contributed by atoms with Gasteiger partial charge < -0.3 is 16.4 Å².